The van der Waals surface area contributed by atoms with Gasteiger partial charge in [0.25, 0.3) is 0 Å². The standard InChI is InChI=1S/C24H23FN6O/c1-4-20-23-15-9-21(24(26)28-10-15)32-14(3)19-7-13(2)5-6-18(19)22-16(8-17(25)11-27-22)12-31(23)30-29-20/h5-11,14H,4,12H2,1-3H3,(H2,26,28). The van der Waals surface area contributed by atoms with E-state index in [9.17, 15) is 4.39 Å². The lowest BCUT2D eigenvalue weighted by molar-refractivity contribution is 0.228. The van der Waals surface area contributed by atoms with Crippen LogP contribution < -0.4 is 10.5 Å². The summed E-state index contributed by atoms with van der Waals surface area (Å²) in [4.78, 5) is 8.83. The van der Waals surface area contributed by atoms with Crippen molar-refractivity contribution in [1.82, 2.24) is 25.0 Å². The number of pyridine rings is 2. The zero-order chi connectivity index (χ0) is 22.4. The van der Waals surface area contributed by atoms with Gasteiger partial charge in [0.1, 0.15) is 11.9 Å². The molecule has 0 saturated carbocycles. The van der Waals surface area contributed by atoms with E-state index in [1.54, 1.807) is 10.9 Å². The summed E-state index contributed by atoms with van der Waals surface area (Å²) in [6, 6.07) is 9.45. The summed E-state index contributed by atoms with van der Waals surface area (Å²) in [5.41, 5.74) is 12.9. The molecule has 1 unspecified atom stereocenters. The van der Waals surface area contributed by atoms with E-state index in [0.717, 1.165) is 33.6 Å². The number of nitrogen functional groups attached to an aromatic ring is 1. The Morgan fingerprint density at radius 1 is 1.19 bits per heavy atom. The Labute approximate surface area is 185 Å². The molecule has 2 bridgehead atoms. The van der Waals surface area contributed by atoms with Crippen LogP contribution in [0.15, 0.2) is 42.7 Å². The Hall–Kier alpha value is -3.81. The number of halogens is 1. The van der Waals surface area contributed by atoms with Crippen molar-refractivity contribution < 1.29 is 9.13 Å². The fourth-order valence-electron chi connectivity index (χ4n) is 4.19. The molecule has 0 radical (unpaired) electrons. The van der Waals surface area contributed by atoms with Gasteiger partial charge in [-0.05, 0) is 32.4 Å². The summed E-state index contributed by atoms with van der Waals surface area (Å²) in [5, 5.41) is 8.71. The molecule has 0 spiro atoms. The molecule has 0 aliphatic carbocycles. The maximum Gasteiger partial charge on any atom is 0.166 e. The van der Waals surface area contributed by atoms with Crippen LogP contribution in [0.3, 0.4) is 0 Å². The Kier molecular flexibility index (Phi) is 4.84. The molecule has 1 atom stereocenters. The number of nitrogens with two attached hydrogens (primary N) is 1. The number of anilines is 1. The van der Waals surface area contributed by atoms with Crippen molar-refractivity contribution in [2.75, 3.05) is 5.73 Å². The van der Waals surface area contributed by atoms with Gasteiger partial charge in [0.2, 0.25) is 0 Å². The number of hydrogen-bond donors (Lipinski definition) is 1. The normalized spacial score (nSPS) is 14.9. The number of ether oxygens (including phenoxy) is 1. The molecular weight excluding hydrogens is 407 g/mol. The highest BCUT2D eigenvalue weighted by atomic mass is 19.1. The van der Waals surface area contributed by atoms with Crippen molar-refractivity contribution >= 4 is 5.82 Å². The summed E-state index contributed by atoms with van der Waals surface area (Å²) < 4.78 is 22.3. The van der Waals surface area contributed by atoms with Gasteiger partial charge in [-0.25, -0.2) is 14.1 Å². The van der Waals surface area contributed by atoms with Crippen LogP contribution in [0.5, 0.6) is 5.75 Å². The highest BCUT2D eigenvalue weighted by Gasteiger charge is 2.23. The van der Waals surface area contributed by atoms with Crippen molar-refractivity contribution in [2.24, 2.45) is 0 Å². The van der Waals surface area contributed by atoms with Crippen molar-refractivity contribution in [3.63, 3.8) is 0 Å². The average molecular weight is 430 g/mol. The molecule has 3 aromatic heterocycles. The number of aromatic nitrogens is 5. The van der Waals surface area contributed by atoms with E-state index < -0.39 is 5.82 Å². The van der Waals surface area contributed by atoms with Gasteiger partial charge < -0.3 is 10.5 Å². The monoisotopic (exact) mass is 430 g/mol. The van der Waals surface area contributed by atoms with Gasteiger partial charge in [-0.2, -0.15) is 0 Å². The summed E-state index contributed by atoms with van der Waals surface area (Å²) in [7, 11) is 0. The lowest BCUT2D eigenvalue weighted by atomic mass is 9.95. The van der Waals surface area contributed by atoms with E-state index in [4.69, 9.17) is 10.5 Å². The van der Waals surface area contributed by atoms with Crippen LogP contribution >= 0.6 is 0 Å². The van der Waals surface area contributed by atoms with Gasteiger partial charge in [-0.15, -0.1) is 5.10 Å². The van der Waals surface area contributed by atoms with Gasteiger partial charge in [0.05, 0.1) is 29.8 Å². The second kappa shape index (κ2) is 7.71. The summed E-state index contributed by atoms with van der Waals surface area (Å²) in [6.07, 6.45) is 3.28. The molecule has 7 nitrogen and oxygen atoms in total. The highest BCUT2D eigenvalue weighted by molar-refractivity contribution is 5.70. The van der Waals surface area contributed by atoms with Crippen LogP contribution in [0.2, 0.25) is 0 Å². The minimum Gasteiger partial charge on any atom is -0.482 e. The fourth-order valence-corrected chi connectivity index (χ4v) is 4.19. The lowest BCUT2D eigenvalue weighted by Gasteiger charge is -2.22. The van der Waals surface area contributed by atoms with Crippen LogP contribution in [0.4, 0.5) is 10.2 Å². The van der Waals surface area contributed by atoms with Gasteiger partial charge in [0.15, 0.2) is 11.6 Å². The first-order valence-electron chi connectivity index (χ1n) is 10.5. The third-order valence-electron chi connectivity index (χ3n) is 5.75. The van der Waals surface area contributed by atoms with E-state index in [2.05, 4.69) is 26.3 Å². The topological polar surface area (TPSA) is 91.7 Å². The minimum absolute atomic E-state index is 0.310. The number of rotatable bonds is 1. The molecule has 1 aromatic carbocycles. The second-order valence-electron chi connectivity index (χ2n) is 8.02. The van der Waals surface area contributed by atoms with Crippen LogP contribution in [0.1, 0.15) is 42.3 Å². The lowest BCUT2D eigenvalue weighted by Crippen LogP contribution is -2.12. The zero-order valence-electron chi connectivity index (χ0n) is 18.1. The number of benzene rings is 1. The minimum atomic E-state index is -0.400. The third kappa shape index (κ3) is 3.37. The molecule has 8 heteroatoms. The highest BCUT2D eigenvalue weighted by Crippen LogP contribution is 2.37. The number of hydrogen-bond acceptors (Lipinski definition) is 6. The molecule has 4 heterocycles. The first-order valence-corrected chi connectivity index (χ1v) is 10.5. The molecule has 1 aliphatic rings. The third-order valence-corrected chi connectivity index (χ3v) is 5.75. The maximum atomic E-state index is 14.3. The Bertz CT molecular complexity index is 1330. The Morgan fingerprint density at radius 2 is 2.03 bits per heavy atom. The van der Waals surface area contributed by atoms with Crippen LogP contribution in [0.25, 0.3) is 22.5 Å². The molecular formula is C24H23FN6O. The first-order chi connectivity index (χ1) is 15.4. The molecule has 0 amide bonds. The predicted octanol–water partition coefficient (Wildman–Crippen LogP) is 4.50. The maximum absolute atomic E-state index is 14.3. The second-order valence-corrected chi connectivity index (χ2v) is 8.02. The molecule has 32 heavy (non-hydrogen) atoms. The van der Waals surface area contributed by atoms with Gasteiger partial charge in [0, 0.05) is 28.5 Å². The number of nitrogens with zero attached hydrogens (tertiary/aromatic N) is 5. The SMILES string of the molecule is CCc1nnn2c1-c1cnc(N)c(c1)OC(C)c1cc(C)ccc1-c1ncc(F)cc1C2. The average Bonchev–Trinajstić information content (AvgIpc) is 3.17. The fraction of sp³-hybridized carbons (Fsp3) is 0.250. The van der Waals surface area contributed by atoms with E-state index in [1.807, 2.05) is 39.0 Å². The zero-order valence-corrected chi connectivity index (χ0v) is 18.1. The van der Waals surface area contributed by atoms with E-state index in [1.165, 1.54) is 12.3 Å². The first kappa shape index (κ1) is 20.1. The van der Waals surface area contributed by atoms with Gasteiger partial charge >= 0.3 is 0 Å². The summed E-state index contributed by atoms with van der Waals surface area (Å²) in [5.74, 6) is 0.400. The molecule has 2 N–H and O–H groups in total. The van der Waals surface area contributed by atoms with Crippen molar-refractivity contribution in [2.45, 2.75) is 39.8 Å². The van der Waals surface area contributed by atoms with Crippen molar-refractivity contribution in [3.8, 4) is 28.3 Å². The largest absolute Gasteiger partial charge is 0.482 e. The summed E-state index contributed by atoms with van der Waals surface area (Å²) in [6.45, 7) is 6.30. The van der Waals surface area contributed by atoms with Crippen LogP contribution in [-0.4, -0.2) is 25.0 Å². The Morgan fingerprint density at radius 3 is 2.84 bits per heavy atom. The molecule has 162 valence electrons. The van der Waals surface area contributed by atoms with Crippen molar-refractivity contribution in [1.29, 1.82) is 0 Å². The molecule has 4 aromatic rings. The Balaban J connectivity index is 1.83. The molecule has 0 saturated heterocycles. The predicted molar refractivity (Wildman–Crippen MR) is 120 cm³/mol. The van der Waals surface area contributed by atoms with E-state index >= 15 is 0 Å². The van der Waals surface area contributed by atoms with Gasteiger partial charge in [-0.1, -0.05) is 35.9 Å². The van der Waals surface area contributed by atoms with Gasteiger partial charge in [-0.3, -0.25) is 4.98 Å². The van der Waals surface area contributed by atoms with E-state index in [-0.39, 0.29) is 6.10 Å². The molecule has 0 fully saturated rings. The van der Waals surface area contributed by atoms with Crippen LogP contribution in [0, 0.1) is 12.7 Å². The van der Waals surface area contributed by atoms with Crippen molar-refractivity contribution in [3.05, 3.63) is 70.9 Å². The molecule has 5 rings (SSSR count). The van der Waals surface area contributed by atoms with Crippen LogP contribution in [-0.2, 0) is 13.0 Å². The smallest absolute Gasteiger partial charge is 0.166 e. The number of fused-ring (bicyclic) bond motifs is 7. The molecule has 1 aliphatic heterocycles. The summed E-state index contributed by atoms with van der Waals surface area (Å²) >= 11 is 0. The number of aryl methyl sites for hydroxylation is 2. The quantitative estimate of drug-likeness (QED) is 0.478. The van der Waals surface area contributed by atoms with E-state index in [0.29, 0.717) is 35.8 Å².